The summed E-state index contributed by atoms with van der Waals surface area (Å²) < 4.78 is 25.1. The van der Waals surface area contributed by atoms with Gasteiger partial charge in [0.1, 0.15) is 28.7 Å². The number of nitrogens with one attached hydrogen (secondary N) is 2. The highest BCUT2D eigenvalue weighted by molar-refractivity contribution is 6.12. The van der Waals surface area contributed by atoms with E-state index < -0.39 is 0 Å². The van der Waals surface area contributed by atoms with Crippen LogP contribution in [0, 0.1) is 5.82 Å². The van der Waals surface area contributed by atoms with Gasteiger partial charge in [0.25, 0.3) is 5.91 Å². The van der Waals surface area contributed by atoms with Gasteiger partial charge in [-0.3, -0.25) is 4.79 Å². The fourth-order valence-electron chi connectivity index (χ4n) is 4.11. The summed E-state index contributed by atoms with van der Waals surface area (Å²) in [4.78, 5) is 12.9. The quantitative estimate of drug-likeness (QED) is 0.373. The van der Waals surface area contributed by atoms with E-state index >= 15 is 0 Å². The third kappa shape index (κ3) is 3.96. The molecule has 3 aromatic carbocycles. The summed E-state index contributed by atoms with van der Waals surface area (Å²) in [7, 11) is 1.61. The van der Waals surface area contributed by atoms with Crippen LogP contribution in [0.4, 0.5) is 10.1 Å². The summed E-state index contributed by atoms with van der Waals surface area (Å²) in [5.41, 5.74) is 4.90. The van der Waals surface area contributed by atoms with Crippen molar-refractivity contribution in [2.45, 2.75) is 12.8 Å². The number of benzene rings is 3. The van der Waals surface area contributed by atoms with E-state index in [1.807, 2.05) is 24.3 Å². The molecule has 5 nitrogen and oxygen atoms in total. The summed E-state index contributed by atoms with van der Waals surface area (Å²) in [5.74, 6) is 1.08. The van der Waals surface area contributed by atoms with Crippen LogP contribution in [0.5, 0.6) is 11.5 Å². The van der Waals surface area contributed by atoms with E-state index in [1.165, 1.54) is 12.1 Å². The first-order valence-corrected chi connectivity index (χ1v) is 10.8. The van der Waals surface area contributed by atoms with Crippen LogP contribution in [0.3, 0.4) is 0 Å². The highest BCUT2D eigenvalue weighted by Crippen LogP contribution is 2.40. The van der Waals surface area contributed by atoms with E-state index in [0.29, 0.717) is 28.4 Å². The van der Waals surface area contributed by atoms with Crippen molar-refractivity contribution >= 4 is 28.1 Å². The van der Waals surface area contributed by atoms with Crippen LogP contribution in [0.15, 0.2) is 71.7 Å². The first-order chi connectivity index (χ1) is 16.0. The van der Waals surface area contributed by atoms with Crippen LogP contribution in [-0.2, 0) is 0 Å². The van der Waals surface area contributed by atoms with Gasteiger partial charge in [0.15, 0.2) is 0 Å². The largest absolute Gasteiger partial charge is 0.457 e. The molecule has 0 fully saturated rings. The van der Waals surface area contributed by atoms with Crippen molar-refractivity contribution in [1.29, 1.82) is 0 Å². The topological polar surface area (TPSA) is 63.5 Å². The minimum Gasteiger partial charge on any atom is -0.457 e. The van der Waals surface area contributed by atoms with Crippen molar-refractivity contribution in [3.8, 4) is 22.8 Å². The monoisotopic (exact) mass is 442 g/mol. The van der Waals surface area contributed by atoms with Crippen LogP contribution in [0.2, 0.25) is 0 Å². The Hall–Kier alpha value is -4.06. The minimum atomic E-state index is -0.319. The molecule has 166 valence electrons. The van der Waals surface area contributed by atoms with Gasteiger partial charge in [0.2, 0.25) is 0 Å². The lowest BCUT2D eigenvalue weighted by atomic mass is 9.98. The molecule has 2 N–H and O–H groups in total. The van der Waals surface area contributed by atoms with Gasteiger partial charge in [-0.25, -0.2) is 4.39 Å². The van der Waals surface area contributed by atoms with Gasteiger partial charge in [-0.05, 0) is 73.0 Å². The molecule has 1 aromatic heterocycles. The molecule has 0 bridgehead atoms. The van der Waals surface area contributed by atoms with E-state index in [2.05, 4.69) is 17.2 Å². The molecular weight excluding hydrogens is 419 g/mol. The summed E-state index contributed by atoms with van der Waals surface area (Å²) in [5, 5.41) is 6.91. The van der Waals surface area contributed by atoms with Crippen LogP contribution in [0.1, 0.15) is 28.8 Å². The van der Waals surface area contributed by atoms with Gasteiger partial charge < -0.3 is 19.8 Å². The molecular formula is C27H23FN2O3. The van der Waals surface area contributed by atoms with E-state index in [1.54, 1.807) is 31.3 Å². The van der Waals surface area contributed by atoms with Crippen molar-refractivity contribution < 1.29 is 18.3 Å². The predicted octanol–water partition coefficient (Wildman–Crippen LogP) is 6.61. The first-order valence-electron chi connectivity index (χ1n) is 10.8. The van der Waals surface area contributed by atoms with E-state index in [9.17, 15) is 9.18 Å². The number of hydrogen-bond donors (Lipinski definition) is 2. The van der Waals surface area contributed by atoms with Gasteiger partial charge >= 0.3 is 0 Å². The normalized spacial score (nSPS) is 13.2. The summed E-state index contributed by atoms with van der Waals surface area (Å²) in [6.45, 7) is 5.09. The molecule has 0 unspecified atom stereocenters. The highest BCUT2D eigenvalue weighted by atomic mass is 19.1. The number of ether oxygens (including phenoxy) is 1. The van der Waals surface area contributed by atoms with Crippen LogP contribution < -0.4 is 15.4 Å². The average Bonchev–Trinajstić information content (AvgIpc) is 3.11. The second-order valence-corrected chi connectivity index (χ2v) is 7.99. The van der Waals surface area contributed by atoms with E-state index in [0.717, 1.165) is 47.2 Å². The van der Waals surface area contributed by atoms with Gasteiger partial charge in [-0.1, -0.05) is 6.58 Å². The lowest BCUT2D eigenvalue weighted by molar-refractivity contribution is 0.0964. The zero-order valence-electron chi connectivity index (χ0n) is 18.2. The molecule has 0 saturated carbocycles. The Kier molecular flexibility index (Phi) is 5.34. The number of carbonyl (C=O) groups excluding carboxylic acids is 1. The number of halogens is 1. The van der Waals surface area contributed by atoms with Gasteiger partial charge in [-0.2, -0.15) is 0 Å². The number of furan rings is 1. The number of fused-ring (bicyclic) bond motifs is 2. The van der Waals surface area contributed by atoms with Gasteiger partial charge in [0, 0.05) is 41.9 Å². The second kappa shape index (κ2) is 8.47. The Morgan fingerprint density at radius 2 is 1.79 bits per heavy atom. The molecule has 1 aliphatic heterocycles. The smallest absolute Gasteiger partial charge is 0.255 e. The maximum Gasteiger partial charge on any atom is 0.255 e. The van der Waals surface area contributed by atoms with Gasteiger partial charge in [0.05, 0.1) is 5.56 Å². The first kappa shape index (κ1) is 20.8. The Balaban J connectivity index is 1.56. The maximum absolute atomic E-state index is 13.1. The summed E-state index contributed by atoms with van der Waals surface area (Å²) >= 11 is 0. The molecule has 0 saturated heterocycles. The number of rotatable bonds is 4. The average molecular weight is 442 g/mol. The zero-order chi connectivity index (χ0) is 22.9. The van der Waals surface area contributed by atoms with Crippen molar-refractivity contribution in [2.24, 2.45) is 0 Å². The maximum atomic E-state index is 13.1. The Bertz CT molecular complexity index is 1360. The van der Waals surface area contributed by atoms with E-state index in [4.69, 9.17) is 9.15 Å². The minimum absolute atomic E-state index is 0.220. The van der Waals surface area contributed by atoms with E-state index in [-0.39, 0.29) is 11.7 Å². The third-order valence-corrected chi connectivity index (χ3v) is 5.80. The fourth-order valence-corrected chi connectivity index (χ4v) is 4.11. The zero-order valence-corrected chi connectivity index (χ0v) is 18.2. The lowest BCUT2D eigenvalue weighted by Crippen LogP contribution is -2.18. The molecule has 2 heterocycles. The lowest BCUT2D eigenvalue weighted by Gasteiger charge is -2.09. The molecule has 0 spiro atoms. The fraction of sp³-hybridized carbons (Fsp3) is 0.148. The molecule has 5 rings (SSSR count). The Labute approximate surface area is 190 Å². The molecule has 1 aliphatic rings. The van der Waals surface area contributed by atoms with Crippen molar-refractivity contribution in [3.63, 3.8) is 0 Å². The Morgan fingerprint density at radius 1 is 1.09 bits per heavy atom. The molecule has 0 atom stereocenters. The standard InChI is InChI=1S/C27H23FN2O3/c1-16-4-3-13-30-23-15-24-22(14-21(16)23)25(27(31)29-2)26(33-24)17-5-9-19(10-6-17)32-20-11-7-18(28)8-12-20/h5-12,14-15,30H,1,3-4,13H2,2H3,(H,29,31). The summed E-state index contributed by atoms with van der Waals surface area (Å²) in [6.07, 6.45) is 1.91. The number of hydrogen-bond acceptors (Lipinski definition) is 4. The highest BCUT2D eigenvalue weighted by Gasteiger charge is 2.24. The number of anilines is 1. The summed E-state index contributed by atoms with van der Waals surface area (Å²) in [6, 6.07) is 17.0. The molecule has 0 aliphatic carbocycles. The van der Waals surface area contributed by atoms with Crippen LogP contribution in [-0.4, -0.2) is 19.5 Å². The Morgan fingerprint density at radius 3 is 2.48 bits per heavy atom. The molecule has 4 aromatic rings. The SMILES string of the molecule is C=C1CCCNc2cc3oc(-c4ccc(Oc5ccc(F)cc5)cc4)c(C(=O)NC)c3cc21. The molecule has 0 radical (unpaired) electrons. The van der Waals surface area contributed by atoms with Crippen LogP contribution >= 0.6 is 0 Å². The third-order valence-electron chi connectivity index (χ3n) is 5.80. The number of allylic oxidation sites excluding steroid dienone is 1. The van der Waals surface area contributed by atoms with Crippen molar-refractivity contribution in [2.75, 3.05) is 18.9 Å². The van der Waals surface area contributed by atoms with Crippen molar-refractivity contribution in [3.05, 3.63) is 84.2 Å². The predicted molar refractivity (Wildman–Crippen MR) is 128 cm³/mol. The van der Waals surface area contributed by atoms with Crippen LogP contribution in [0.25, 0.3) is 27.9 Å². The van der Waals surface area contributed by atoms with Crippen molar-refractivity contribution in [1.82, 2.24) is 5.32 Å². The number of amides is 1. The van der Waals surface area contributed by atoms with Gasteiger partial charge in [-0.15, -0.1) is 0 Å². The molecule has 6 heteroatoms. The second-order valence-electron chi connectivity index (χ2n) is 7.99. The molecule has 33 heavy (non-hydrogen) atoms. The molecule has 1 amide bonds. The number of carbonyl (C=O) groups is 1.